The molecule has 0 bridgehead atoms. The number of hydrogen-bond acceptors (Lipinski definition) is 5. The molecule has 0 radical (unpaired) electrons. The number of hydrogen-bond donors (Lipinski definition) is 2. The Morgan fingerprint density at radius 1 is 1.26 bits per heavy atom. The second-order valence-corrected chi connectivity index (χ2v) is 7.25. The second kappa shape index (κ2) is 7.42. The standard InChI is InChI=1S/C20H23NO6/c1-10(2)18(19(23)24)21-16(22)9-26-14-7-11(3)8-15-17(14)12-5-4-6-13(12)20(25)27-15/h7-8,10,18H,4-6,9H2,1-3H3,(H,21,22)(H,23,24)/t18-/m1/s1. The summed E-state index contributed by atoms with van der Waals surface area (Å²) >= 11 is 0. The van der Waals surface area contributed by atoms with Crippen molar-refractivity contribution in [1.29, 1.82) is 0 Å². The Bertz CT molecular complexity index is 959. The summed E-state index contributed by atoms with van der Waals surface area (Å²) in [6, 6.07) is 2.60. The van der Waals surface area contributed by atoms with E-state index in [9.17, 15) is 19.5 Å². The summed E-state index contributed by atoms with van der Waals surface area (Å²) < 4.78 is 11.2. The maximum atomic E-state index is 12.2. The van der Waals surface area contributed by atoms with Crippen molar-refractivity contribution in [3.05, 3.63) is 39.2 Å². The summed E-state index contributed by atoms with van der Waals surface area (Å²) in [4.78, 5) is 35.5. The molecule has 1 heterocycles. The lowest BCUT2D eigenvalue weighted by molar-refractivity contribution is -0.143. The topological polar surface area (TPSA) is 106 Å². The smallest absolute Gasteiger partial charge is 0.339 e. The Kier molecular flexibility index (Phi) is 5.21. The van der Waals surface area contributed by atoms with E-state index in [-0.39, 0.29) is 18.2 Å². The van der Waals surface area contributed by atoms with Crippen molar-refractivity contribution < 1.29 is 23.8 Å². The highest BCUT2D eigenvalue weighted by molar-refractivity contribution is 5.90. The Hall–Kier alpha value is -2.83. The molecule has 3 rings (SSSR count). The molecule has 7 heteroatoms. The first kappa shape index (κ1) is 18.9. The van der Waals surface area contributed by atoms with Gasteiger partial charge in [-0.05, 0) is 55.4 Å². The number of amides is 1. The van der Waals surface area contributed by atoms with E-state index in [0.29, 0.717) is 23.3 Å². The molecule has 0 unspecified atom stereocenters. The highest BCUT2D eigenvalue weighted by Crippen LogP contribution is 2.35. The quantitative estimate of drug-likeness (QED) is 0.752. The molecule has 0 spiro atoms. The zero-order valence-corrected chi connectivity index (χ0v) is 15.6. The summed E-state index contributed by atoms with van der Waals surface area (Å²) in [6.45, 7) is 4.97. The van der Waals surface area contributed by atoms with Crippen LogP contribution in [-0.4, -0.2) is 29.6 Å². The molecule has 2 aromatic rings. The number of nitrogens with one attached hydrogen (secondary N) is 1. The fourth-order valence-electron chi connectivity index (χ4n) is 3.49. The Morgan fingerprint density at radius 3 is 2.63 bits per heavy atom. The molecule has 2 N–H and O–H groups in total. The van der Waals surface area contributed by atoms with Gasteiger partial charge in [0.25, 0.3) is 5.91 Å². The number of benzene rings is 1. The first-order valence-electron chi connectivity index (χ1n) is 9.02. The molecule has 27 heavy (non-hydrogen) atoms. The molecule has 1 aromatic heterocycles. The molecule has 0 fully saturated rings. The van der Waals surface area contributed by atoms with E-state index in [1.165, 1.54) is 0 Å². The average molecular weight is 373 g/mol. The van der Waals surface area contributed by atoms with Crippen molar-refractivity contribution in [2.45, 2.75) is 46.1 Å². The van der Waals surface area contributed by atoms with E-state index in [1.54, 1.807) is 26.0 Å². The highest BCUT2D eigenvalue weighted by atomic mass is 16.5. The number of rotatable bonds is 6. The van der Waals surface area contributed by atoms with Crippen molar-refractivity contribution in [3.8, 4) is 5.75 Å². The first-order chi connectivity index (χ1) is 12.8. The number of carboxylic acids is 1. The molecule has 7 nitrogen and oxygen atoms in total. The third-order valence-electron chi connectivity index (χ3n) is 4.79. The van der Waals surface area contributed by atoms with Crippen LogP contribution in [0.1, 0.15) is 37.0 Å². The van der Waals surface area contributed by atoms with Crippen LogP contribution in [0.5, 0.6) is 5.75 Å². The number of carboxylic acid groups (broad SMARTS) is 1. The molecule has 0 saturated heterocycles. The van der Waals surface area contributed by atoms with Crippen LogP contribution in [0, 0.1) is 12.8 Å². The lowest BCUT2D eigenvalue weighted by Gasteiger charge is -2.18. The molecule has 1 amide bonds. The van der Waals surface area contributed by atoms with Crippen LogP contribution in [0.4, 0.5) is 0 Å². The van der Waals surface area contributed by atoms with Gasteiger partial charge in [0, 0.05) is 5.56 Å². The van der Waals surface area contributed by atoms with E-state index in [1.807, 2.05) is 6.92 Å². The van der Waals surface area contributed by atoms with Gasteiger partial charge in [0.2, 0.25) is 0 Å². The maximum Gasteiger partial charge on any atom is 0.339 e. The Morgan fingerprint density at radius 2 is 1.96 bits per heavy atom. The van der Waals surface area contributed by atoms with E-state index in [2.05, 4.69) is 5.32 Å². The number of ether oxygens (including phenoxy) is 1. The molecule has 0 saturated carbocycles. The highest BCUT2D eigenvalue weighted by Gasteiger charge is 2.25. The number of fused-ring (bicyclic) bond motifs is 3. The van der Waals surface area contributed by atoms with Gasteiger partial charge in [-0.15, -0.1) is 0 Å². The van der Waals surface area contributed by atoms with Crippen LogP contribution < -0.4 is 15.7 Å². The van der Waals surface area contributed by atoms with Gasteiger partial charge in [0.05, 0.1) is 5.39 Å². The van der Waals surface area contributed by atoms with Crippen molar-refractivity contribution in [3.63, 3.8) is 0 Å². The fraction of sp³-hybridized carbons (Fsp3) is 0.450. The van der Waals surface area contributed by atoms with Gasteiger partial charge < -0.3 is 19.6 Å². The number of aryl methyl sites for hydroxylation is 2. The van der Waals surface area contributed by atoms with Crippen molar-refractivity contribution >= 4 is 22.8 Å². The summed E-state index contributed by atoms with van der Waals surface area (Å²) in [7, 11) is 0. The minimum absolute atomic E-state index is 0.246. The summed E-state index contributed by atoms with van der Waals surface area (Å²) in [5.41, 5.74) is 2.56. The Balaban J connectivity index is 1.87. The van der Waals surface area contributed by atoms with Crippen LogP contribution in [0.15, 0.2) is 21.3 Å². The molecular formula is C20H23NO6. The van der Waals surface area contributed by atoms with Crippen molar-refractivity contribution in [1.82, 2.24) is 5.32 Å². The van der Waals surface area contributed by atoms with E-state index in [4.69, 9.17) is 9.15 Å². The minimum atomic E-state index is -1.08. The third-order valence-corrected chi connectivity index (χ3v) is 4.79. The lowest BCUT2D eigenvalue weighted by Crippen LogP contribution is -2.46. The number of carbonyl (C=O) groups excluding carboxylic acids is 1. The monoisotopic (exact) mass is 373 g/mol. The van der Waals surface area contributed by atoms with Gasteiger partial charge in [-0.3, -0.25) is 4.79 Å². The molecule has 1 aliphatic rings. The van der Waals surface area contributed by atoms with Crippen molar-refractivity contribution in [2.24, 2.45) is 5.92 Å². The number of aliphatic carboxylic acids is 1. The molecule has 1 atom stereocenters. The predicted molar refractivity (Wildman–Crippen MR) is 99.1 cm³/mol. The van der Waals surface area contributed by atoms with Crippen LogP contribution in [0.2, 0.25) is 0 Å². The van der Waals surface area contributed by atoms with E-state index in [0.717, 1.165) is 29.4 Å². The molecule has 1 aliphatic carbocycles. The van der Waals surface area contributed by atoms with Crippen LogP contribution in [0.3, 0.4) is 0 Å². The van der Waals surface area contributed by atoms with Gasteiger partial charge in [-0.25, -0.2) is 9.59 Å². The molecule has 0 aliphatic heterocycles. The normalized spacial score (nSPS) is 14.2. The Labute approximate surface area is 156 Å². The summed E-state index contributed by atoms with van der Waals surface area (Å²) in [5.74, 6) is -1.37. The second-order valence-electron chi connectivity index (χ2n) is 7.25. The number of carbonyl (C=O) groups is 2. The summed E-state index contributed by atoms with van der Waals surface area (Å²) in [5, 5.41) is 12.4. The first-order valence-corrected chi connectivity index (χ1v) is 9.02. The molecule has 1 aromatic carbocycles. The van der Waals surface area contributed by atoms with Crippen LogP contribution >= 0.6 is 0 Å². The average Bonchev–Trinajstić information content (AvgIpc) is 3.06. The third kappa shape index (κ3) is 3.82. The van der Waals surface area contributed by atoms with Gasteiger partial charge in [0.15, 0.2) is 6.61 Å². The lowest BCUT2D eigenvalue weighted by atomic mass is 10.0. The van der Waals surface area contributed by atoms with Gasteiger partial charge in [0.1, 0.15) is 17.4 Å². The maximum absolute atomic E-state index is 12.2. The van der Waals surface area contributed by atoms with Crippen molar-refractivity contribution in [2.75, 3.05) is 6.61 Å². The van der Waals surface area contributed by atoms with Gasteiger partial charge in [-0.2, -0.15) is 0 Å². The van der Waals surface area contributed by atoms with Crippen LogP contribution in [0.25, 0.3) is 11.0 Å². The fourth-order valence-corrected chi connectivity index (χ4v) is 3.49. The minimum Gasteiger partial charge on any atom is -0.483 e. The van der Waals surface area contributed by atoms with Crippen LogP contribution in [-0.2, 0) is 22.4 Å². The molecular weight excluding hydrogens is 350 g/mol. The zero-order chi connectivity index (χ0) is 19.7. The zero-order valence-electron chi connectivity index (χ0n) is 15.6. The molecule has 144 valence electrons. The van der Waals surface area contributed by atoms with Gasteiger partial charge >= 0.3 is 11.6 Å². The van der Waals surface area contributed by atoms with E-state index < -0.39 is 17.9 Å². The SMILES string of the molecule is Cc1cc(OCC(=O)N[C@@H](C(=O)O)C(C)C)c2c3c(c(=O)oc2c1)CCC3. The van der Waals surface area contributed by atoms with E-state index >= 15 is 0 Å². The largest absolute Gasteiger partial charge is 0.483 e. The van der Waals surface area contributed by atoms with Gasteiger partial charge in [-0.1, -0.05) is 13.8 Å². The summed E-state index contributed by atoms with van der Waals surface area (Å²) in [6.07, 6.45) is 2.31. The predicted octanol–water partition coefficient (Wildman–Crippen LogP) is 2.19.